The van der Waals surface area contributed by atoms with E-state index in [1.54, 1.807) is 19.1 Å². The zero-order chi connectivity index (χ0) is 13.7. The fourth-order valence-electron chi connectivity index (χ4n) is 1.58. The van der Waals surface area contributed by atoms with Crippen molar-refractivity contribution < 1.29 is 14.7 Å². The number of aliphatic hydroxyl groups is 1. The molecule has 0 aliphatic carbocycles. The van der Waals surface area contributed by atoms with Gasteiger partial charge in [0.2, 0.25) is 11.8 Å². The molecular formula is C11H16N4O3. The number of hydrogen-bond acceptors (Lipinski definition) is 5. The van der Waals surface area contributed by atoms with E-state index in [1.165, 1.54) is 11.1 Å². The maximum Gasteiger partial charge on any atom is 0.237 e. The average Bonchev–Trinajstić information content (AvgIpc) is 2.26. The molecule has 0 radical (unpaired) electrons. The summed E-state index contributed by atoms with van der Waals surface area (Å²) in [5, 5.41) is 9.62. The predicted octanol–water partition coefficient (Wildman–Crippen LogP) is -1.09. The van der Waals surface area contributed by atoms with E-state index < -0.39 is 17.9 Å². The number of carbonyl (C=O) groups is 2. The summed E-state index contributed by atoms with van der Waals surface area (Å²) in [5.41, 5.74) is 10.7. The van der Waals surface area contributed by atoms with Crippen LogP contribution in [0, 0.1) is 0 Å². The van der Waals surface area contributed by atoms with Crippen LogP contribution < -0.4 is 16.4 Å². The number of hydrogen-bond donors (Lipinski definition) is 3. The Kier molecular flexibility index (Phi) is 4.61. The van der Waals surface area contributed by atoms with E-state index in [-0.39, 0.29) is 13.1 Å². The van der Waals surface area contributed by atoms with Gasteiger partial charge < -0.3 is 21.5 Å². The van der Waals surface area contributed by atoms with Gasteiger partial charge in [0.05, 0.1) is 19.2 Å². The van der Waals surface area contributed by atoms with Gasteiger partial charge in [0.1, 0.15) is 5.82 Å². The third-order valence-electron chi connectivity index (χ3n) is 2.26. The van der Waals surface area contributed by atoms with Crippen LogP contribution in [0.4, 0.5) is 5.82 Å². The molecule has 5 N–H and O–H groups in total. The van der Waals surface area contributed by atoms with Gasteiger partial charge in [-0.2, -0.15) is 0 Å². The number of aliphatic hydroxyl groups excluding tert-OH is 1. The van der Waals surface area contributed by atoms with Gasteiger partial charge in [0.25, 0.3) is 0 Å². The highest BCUT2D eigenvalue weighted by molar-refractivity contribution is 5.84. The monoisotopic (exact) mass is 252 g/mol. The van der Waals surface area contributed by atoms with Crippen molar-refractivity contribution in [3.05, 3.63) is 23.9 Å². The lowest BCUT2D eigenvalue weighted by molar-refractivity contribution is -0.117. The highest BCUT2D eigenvalue weighted by atomic mass is 16.3. The normalized spacial score (nSPS) is 11.9. The van der Waals surface area contributed by atoms with Crippen molar-refractivity contribution in [3.63, 3.8) is 0 Å². The summed E-state index contributed by atoms with van der Waals surface area (Å²) in [6.07, 6.45) is 0.716. The minimum Gasteiger partial charge on any atom is -0.389 e. The average molecular weight is 252 g/mol. The van der Waals surface area contributed by atoms with Crippen molar-refractivity contribution in [2.24, 2.45) is 11.5 Å². The van der Waals surface area contributed by atoms with Crippen molar-refractivity contribution in [1.29, 1.82) is 0 Å². The van der Waals surface area contributed by atoms with Gasteiger partial charge in [-0.3, -0.25) is 9.59 Å². The van der Waals surface area contributed by atoms with E-state index in [2.05, 4.69) is 4.98 Å². The molecule has 1 heterocycles. The Bertz CT molecular complexity index is 432. The maximum atomic E-state index is 11.0. The van der Waals surface area contributed by atoms with Crippen LogP contribution in [0.25, 0.3) is 0 Å². The van der Waals surface area contributed by atoms with E-state index in [9.17, 15) is 14.7 Å². The van der Waals surface area contributed by atoms with Crippen LogP contribution in [0.5, 0.6) is 0 Å². The van der Waals surface area contributed by atoms with Gasteiger partial charge in [-0.15, -0.1) is 0 Å². The van der Waals surface area contributed by atoms with Gasteiger partial charge in [-0.1, -0.05) is 6.07 Å². The Morgan fingerprint density at radius 1 is 1.39 bits per heavy atom. The van der Waals surface area contributed by atoms with Crippen molar-refractivity contribution in [2.45, 2.75) is 13.0 Å². The van der Waals surface area contributed by atoms with Crippen LogP contribution in [-0.4, -0.2) is 35.0 Å². The molecule has 18 heavy (non-hydrogen) atoms. The SMILES string of the molecule is C[C@@H](O)c1cccnc1N(CC(N)=O)CC(N)=O. The van der Waals surface area contributed by atoms with Crippen LogP contribution >= 0.6 is 0 Å². The molecule has 2 amide bonds. The van der Waals surface area contributed by atoms with Crippen LogP contribution in [0.3, 0.4) is 0 Å². The number of nitrogens with zero attached hydrogens (tertiary/aromatic N) is 2. The number of rotatable bonds is 6. The molecule has 0 aliphatic heterocycles. The molecule has 1 rings (SSSR count). The number of amides is 2. The lowest BCUT2D eigenvalue weighted by Crippen LogP contribution is -2.40. The third-order valence-corrected chi connectivity index (χ3v) is 2.26. The first-order valence-corrected chi connectivity index (χ1v) is 5.36. The third kappa shape index (κ3) is 3.70. The number of carbonyl (C=O) groups excluding carboxylic acids is 2. The zero-order valence-electron chi connectivity index (χ0n) is 10.0. The zero-order valence-corrected chi connectivity index (χ0v) is 10.0. The number of pyridine rings is 1. The van der Waals surface area contributed by atoms with Crippen molar-refractivity contribution in [3.8, 4) is 0 Å². The van der Waals surface area contributed by atoms with Gasteiger partial charge in [0.15, 0.2) is 0 Å². The van der Waals surface area contributed by atoms with E-state index in [4.69, 9.17) is 11.5 Å². The van der Waals surface area contributed by atoms with Crippen LogP contribution in [0.15, 0.2) is 18.3 Å². The molecule has 1 atom stereocenters. The minimum atomic E-state index is -0.781. The summed E-state index contributed by atoms with van der Waals surface area (Å²) in [6, 6.07) is 3.31. The van der Waals surface area contributed by atoms with Crippen molar-refractivity contribution >= 4 is 17.6 Å². The second kappa shape index (κ2) is 5.97. The number of nitrogens with two attached hydrogens (primary N) is 2. The predicted molar refractivity (Wildman–Crippen MR) is 65.5 cm³/mol. The lowest BCUT2D eigenvalue weighted by atomic mass is 10.1. The molecule has 1 aromatic rings. The molecule has 0 unspecified atom stereocenters. The fraction of sp³-hybridized carbons (Fsp3) is 0.364. The summed E-state index contributed by atoms with van der Waals surface area (Å²) in [6.45, 7) is 1.17. The van der Waals surface area contributed by atoms with Crippen LogP contribution in [-0.2, 0) is 9.59 Å². The topological polar surface area (TPSA) is 123 Å². The first-order valence-electron chi connectivity index (χ1n) is 5.36. The van der Waals surface area contributed by atoms with Crippen molar-refractivity contribution in [2.75, 3.05) is 18.0 Å². The first-order chi connectivity index (χ1) is 8.41. The molecule has 0 fully saturated rings. The molecule has 98 valence electrons. The van der Waals surface area contributed by atoms with Gasteiger partial charge in [0, 0.05) is 11.8 Å². The minimum absolute atomic E-state index is 0.195. The molecular weight excluding hydrogens is 236 g/mol. The standard InChI is InChI=1S/C11H16N4O3/c1-7(16)8-3-2-4-14-11(8)15(5-9(12)17)6-10(13)18/h2-4,7,16H,5-6H2,1H3,(H2,12,17)(H2,13,18)/t7-/m1/s1. The fourth-order valence-corrected chi connectivity index (χ4v) is 1.58. The molecule has 7 nitrogen and oxygen atoms in total. The molecule has 0 spiro atoms. The largest absolute Gasteiger partial charge is 0.389 e. The molecule has 7 heteroatoms. The van der Waals surface area contributed by atoms with Gasteiger partial charge in [-0.25, -0.2) is 4.98 Å². The van der Waals surface area contributed by atoms with Crippen LogP contribution in [0.2, 0.25) is 0 Å². The van der Waals surface area contributed by atoms with Crippen molar-refractivity contribution in [1.82, 2.24) is 4.98 Å². The molecule has 0 aromatic carbocycles. The summed E-state index contributed by atoms with van der Waals surface area (Å²) in [5.74, 6) is -0.901. The Morgan fingerprint density at radius 2 is 1.94 bits per heavy atom. The maximum absolute atomic E-state index is 11.0. The second-order valence-electron chi connectivity index (χ2n) is 3.88. The molecule has 0 saturated carbocycles. The summed E-state index contributed by atoms with van der Waals surface area (Å²) in [7, 11) is 0. The summed E-state index contributed by atoms with van der Waals surface area (Å²) < 4.78 is 0. The number of anilines is 1. The quantitative estimate of drug-likeness (QED) is 0.593. The van der Waals surface area contributed by atoms with E-state index in [1.807, 2.05) is 0 Å². The second-order valence-corrected chi connectivity index (χ2v) is 3.88. The number of aromatic nitrogens is 1. The smallest absolute Gasteiger partial charge is 0.237 e. The molecule has 0 saturated heterocycles. The Balaban J connectivity index is 3.11. The Morgan fingerprint density at radius 3 is 2.39 bits per heavy atom. The molecule has 1 aromatic heterocycles. The first kappa shape index (κ1) is 13.9. The van der Waals surface area contributed by atoms with Crippen LogP contribution in [0.1, 0.15) is 18.6 Å². The van der Waals surface area contributed by atoms with E-state index in [0.29, 0.717) is 11.4 Å². The Hall–Kier alpha value is -2.15. The molecule has 0 bridgehead atoms. The highest BCUT2D eigenvalue weighted by Crippen LogP contribution is 2.23. The van der Waals surface area contributed by atoms with Gasteiger partial charge >= 0.3 is 0 Å². The summed E-state index contributed by atoms with van der Waals surface area (Å²) in [4.78, 5) is 27.4. The van der Waals surface area contributed by atoms with E-state index >= 15 is 0 Å². The number of primary amides is 2. The van der Waals surface area contributed by atoms with Gasteiger partial charge in [-0.05, 0) is 13.0 Å². The Labute approximate surface area is 104 Å². The molecule has 0 aliphatic rings. The lowest BCUT2D eigenvalue weighted by Gasteiger charge is -2.23. The highest BCUT2D eigenvalue weighted by Gasteiger charge is 2.18. The van der Waals surface area contributed by atoms with E-state index in [0.717, 1.165) is 0 Å². The summed E-state index contributed by atoms with van der Waals surface area (Å²) >= 11 is 0.